The first-order chi connectivity index (χ1) is 9.74. The predicted molar refractivity (Wildman–Crippen MR) is 72.1 cm³/mol. The van der Waals surface area contributed by atoms with E-state index in [0.29, 0.717) is 32.9 Å². The first-order valence-corrected chi connectivity index (χ1v) is 7.23. The van der Waals surface area contributed by atoms with Gasteiger partial charge in [0.15, 0.2) is 0 Å². The summed E-state index contributed by atoms with van der Waals surface area (Å²) in [6, 6.07) is 0. The largest absolute Gasteiger partial charge is 0.381 e. The molecular formula is C14H21N3O3. The number of hydrogen-bond acceptors (Lipinski definition) is 4. The lowest BCUT2D eigenvalue weighted by Crippen LogP contribution is -2.46. The minimum Gasteiger partial charge on any atom is -0.381 e. The van der Waals surface area contributed by atoms with E-state index in [4.69, 9.17) is 9.47 Å². The van der Waals surface area contributed by atoms with Crippen molar-refractivity contribution in [1.82, 2.24) is 14.9 Å². The molecule has 1 N–H and O–H groups in total. The number of morpholine rings is 1. The topological polar surface area (TPSA) is 67.5 Å². The Labute approximate surface area is 118 Å². The molecule has 1 atom stereocenters. The molecule has 0 saturated carbocycles. The minimum absolute atomic E-state index is 0.112. The van der Waals surface area contributed by atoms with Crippen molar-refractivity contribution in [1.29, 1.82) is 0 Å². The molecule has 6 nitrogen and oxygen atoms in total. The van der Waals surface area contributed by atoms with Crippen LogP contribution in [0.3, 0.4) is 0 Å². The fraction of sp³-hybridized carbons (Fsp3) is 0.714. The fourth-order valence-corrected chi connectivity index (χ4v) is 2.81. The third kappa shape index (κ3) is 2.86. The number of imidazole rings is 1. The Morgan fingerprint density at radius 1 is 1.40 bits per heavy atom. The zero-order valence-electron chi connectivity index (χ0n) is 11.8. The van der Waals surface area contributed by atoms with E-state index in [1.807, 2.05) is 11.8 Å². The number of aromatic nitrogens is 2. The third-order valence-electron chi connectivity index (χ3n) is 3.98. The highest BCUT2D eigenvalue weighted by molar-refractivity contribution is 5.79. The number of aryl methyl sites for hydroxylation is 1. The van der Waals surface area contributed by atoms with E-state index in [9.17, 15) is 4.79 Å². The van der Waals surface area contributed by atoms with Crippen LogP contribution in [0.4, 0.5) is 0 Å². The monoisotopic (exact) mass is 279 g/mol. The zero-order valence-corrected chi connectivity index (χ0v) is 11.8. The maximum Gasteiger partial charge on any atom is 0.226 e. The summed E-state index contributed by atoms with van der Waals surface area (Å²) in [7, 11) is 0. The first-order valence-electron chi connectivity index (χ1n) is 7.23. The van der Waals surface area contributed by atoms with E-state index in [-0.39, 0.29) is 17.9 Å². The standard InChI is InChI=1S/C14H21N3O3/c1-10-8-15-13(16-10)12-9-17(4-7-20-12)14(18)11-2-5-19-6-3-11/h8,11-12H,2-7,9H2,1H3,(H,15,16)/t12-/m0/s1. The molecule has 2 aliphatic heterocycles. The summed E-state index contributed by atoms with van der Waals surface area (Å²) in [6.45, 7) is 5.18. The Bertz CT molecular complexity index is 468. The van der Waals surface area contributed by atoms with Gasteiger partial charge in [0.05, 0.1) is 13.2 Å². The number of carbonyl (C=O) groups excluding carboxylic acids is 1. The van der Waals surface area contributed by atoms with Crippen molar-refractivity contribution in [3.63, 3.8) is 0 Å². The van der Waals surface area contributed by atoms with Crippen molar-refractivity contribution in [3.05, 3.63) is 17.7 Å². The summed E-state index contributed by atoms with van der Waals surface area (Å²) >= 11 is 0. The Kier molecular flexibility index (Phi) is 4.03. The highest BCUT2D eigenvalue weighted by Gasteiger charge is 2.31. The molecule has 2 fully saturated rings. The molecule has 0 bridgehead atoms. The number of aromatic amines is 1. The van der Waals surface area contributed by atoms with Crippen molar-refractivity contribution >= 4 is 5.91 Å². The van der Waals surface area contributed by atoms with Gasteiger partial charge < -0.3 is 19.4 Å². The maximum atomic E-state index is 12.5. The summed E-state index contributed by atoms with van der Waals surface area (Å²) in [4.78, 5) is 21.9. The summed E-state index contributed by atoms with van der Waals surface area (Å²) in [5.74, 6) is 1.16. The normalized spacial score (nSPS) is 24.9. The van der Waals surface area contributed by atoms with Gasteiger partial charge in [0.25, 0.3) is 0 Å². The molecule has 0 radical (unpaired) electrons. The molecule has 3 heterocycles. The number of nitrogens with zero attached hydrogens (tertiary/aromatic N) is 2. The number of hydrogen-bond donors (Lipinski definition) is 1. The molecule has 0 spiro atoms. The molecule has 1 amide bonds. The molecule has 1 aromatic rings. The van der Waals surface area contributed by atoms with Gasteiger partial charge in [0.2, 0.25) is 5.91 Å². The average Bonchev–Trinajstić information content (AvgIpc) is 2.94. The predicted octanol–water partition coefficient (Wildman–Crippen LogP) is 1.04. The van der Waals surface area contributed by atoms with E-state index in [2.05, 4.69) is 9.97 Å². The Morgan fingerprint density at radius 2 is 2.20 bits per heavy atom. The van der Waals surface area contributed by atoms with Crippen LogP contribution in [0.2, 0.25) is 0 Å². The van der Waals surface area contributed by atoms with Gasteiger partial charge in [-0.1, -0.05) is 0 Å². The van der Waals surface area contributed by atoms with Gasteiger partial charge in [-0.05, 0) is 19.8 Å². The van der Waals surface area contributed by atoms with Gasteiger partial charge in [-0.3, -0.25) is 4.79 Å². The molecule has 2 aliphatic rings. The molecule has 0 aliphatic carbocycles. The van der Waals surface area contributed by atoms with Crippen LogP contribution in [-0.4, -0.2) is 53.7 Å². The Hall–Kier alpha value is -1.40. The molecule has 2 saturated heterocycles. The van der Waals surface area contributed by atoms with Crippen molar-refractivity contribution in [2.75, 3.05) is 32.9 Å². The Morgan fingerprint density at radius 3 is 2.90 bits per heavy atom. The molecule has 3 rings (SSSR count). The third-order valence-corrected chi connectivity index (χ3v) is 3.98. The maximum absolute atomic E-state index is 12.5. The van der Waals surface area contributed by atoms with Gasteiger partial charge in [0.1, 0.15) is 11.9 Å². The quantitative estimate of drug-likeness (QED) is 0.878. The van der Waals surface area contributed by atoms with Crippen molar-refractivity contribution in [2.24, 2.45) is 5.92 Å². The van der Waals surface area contributed by atoms with Gasteiger partial charge in [0, 0.05) is 37.6 Å². The first kappa shape index (κ1) is 13.6. The summed E-state index contributed by atoms with van der Waals surface area (Å²) in [5, 5.41) is 0. The number of amides is 1. The number of nitrogens with one attached hydrogen (secondary N) is 1. The number of ether oxygens (including phenoxy) is 2. The number of rotatable bonds is 2. The van der Waals surface area contributed by atoms with Crippen LogP contribution < -0.4 is 0 Å². The van der Waals surface area contributed by atoms with Crippen LogP contribution >= 0.6 is 0 Å². The van der Waals surface area contributed by atoms with E-state index in [1.54, 1.807) is 6.20 Å². The molecule has 0 aromatic carbocycles. The zero-order chi connectivity index (χ0) is 13.9. The highest BCUT2D eigenvalue weighted by Crippen LogP contribution is 2.24. The molecular weight excluding hydrogens is 258 g/mol. The van der Waals surface area contributed by atoms with E-state index in [1.165, 1.54) is 0 Å². The summed E-state index contributed by atoms with van der Waals surface area (Å²) < 4.78 is 11.1. The van der Waals surface area contributed by atoms with Crippen molar-refractivity contribution in [2.45, 2.75) is 25.9 Å². The van der Waals surface area contributed by atoms with Crippen LogP contribution in [0, 0.1) is 12.8 Å². The lowest BCUT2D eigenvalue weighted by Gasteiger charge is -2.35. The summed E-state index contributed by atoms with van der Waals surface area (Å²) in [5.41, 5.74) is 1.01. The highest BCUT2D eigenvalue weighted by atomic mass is 16.5. The van der Waals surface area contributed by atoms with Crippen molar-refractivity contribution in [3.8, 4) is 0 Å². The van der Waals surface area contributed by atoms with Crippen LogP contribution in [0.1, 0.15) is 30.5 Å². The second kappa shape index (κ2) is 5.93. The van der Waals surface area contributed by atoms with E-state index in [0.717, 1.165) is 24.4 Å². The molecule has 6 heteroatoms. The van der Waals surface area contributed by atoms with Crippen LogP contribution in [0.15, 0.2) is 6.20 Å². The SMILES string of the molecule is Cc1cnc([C@@H]2CN(C(=O)C3CCOCC3)CCO2)[nH]1. The van der Waals surface area contributed by atoms with E-state index < -0.39 is 0 Å². The average molecular weight is 279 g/mol. The smallest absolute Gasteiger partial charge is 0.226 e. The molecule has 110 valence electrons. The fourth-order valence-electron chi connectivity index (χ4n) is 2.81. The van der Waals surface area contributed by atoms with Gasteiger partial charge in [-0.2, -0.15) is 0 Å². The van der Waals surface area contributed by atoms with Gasteiger partial charge in [-0.15, -0.1) is 0 Å². The lowest BCUT2D eigenvalue weighted by molar-refractivity contribution is -0.146. The van der Waals surface area contributed by atoms with Crippen molar-refractivity contribution < 1.29 is 14.3 Å². The number of carbonyl (C=O) groups is 1. The number of H-pyrrole nitrogens is 1. The van der Waals surface area contributed by atoms with Crippen LogP contribution in [0.25, 0.3) is 0 Å². The van der Waals surface area contributed by atoms with E-state index >= 15 is 0 Å². The van der Waals surface area contributed by atoms with Crippen LogP contribution in [-0.2, 0) is 14.3 Å². The molecule has 20 heavy (non-hydrogen) atoms. The summed E-state index contributed by atoms with van der Waals surface area (Å²) in [6.07, 6.45) is 3.32. The second-order valence-electron chi connectivity index (χ2n) is 5.48. The lowest BCUT2D eigenvalue weighted by atomic mass is 9.98. The Balaban J connectivity index is 1.63. The molecule has 0 unspecified atom stereocenters. The minimum atomic E-state index is -0.138. The van der Waals surface area contributed by atoms with Crippen LogP contribution in [0.5, 0.6) is 0 Å². The molecule has 1 aromatic heterocycles. The van der Waals surface area contributed by atoms with Gasteiger partial charge in [-0.25, -0.2) is 4.98 Å². The second-order valence-corrected chi connectivity index (χ2v) is 5.48. The van der Waals surface area contributed by atoms with Gasteiger partial charge >= 0.3 is 0 Å².